The number of likely N-dealkylation sites (N-methyl/N-ethyl adjacent to an activating group) is 1. The average Bonchev–Trinajstić information content (AvgIpc) is 2.94. The SMILES string of the molecule is CN(c1ccc([N+](=O)[O-])cc1)[C@H]1CCN(C(=O)OC(C)(C)C)C1. The number of likely N-dealkylation sites (tertiary alicyclic amines) is 1. The Hall–Kier alpha value is -2.31. The van der Waals surface area contributed by atoms with Crippen LogP contribution in [0.5, 0.6) is 0 Å². The highest BCUT2D eigenvalue weighted by molar-refractivity contribution is 5.68. The summed E-state index contributed by atoms with van der Waals surface area (Å²) in [7, 11) is 1.93. The van der Waals surface area contributed by atoms with E-state index in [9.17, 15) is 14.9 Å². The molecule has 2 rings (SSSR count). The number of rotatable bonds is 3. The van der Waals surface area contributed by atoms with E-state index < -0.39 is 10.5 Å². The molecule has 1 aliphatic heterocycles. The number of benzene rings is 1. The fourth-order valence-electron chi connectivity index (χ4n) is 2.57. The van der Waals surface area contributed by atoms with Gasteiger partial charge < -0.3 is 14.5 Å². The van der Waals surface area contributed by atoms with Gasteiger partial charge in [0.1, 0.15) is 5.60 Å². The Morgan fingerprint density at radius 3 is 2.48 bits per heavy atom. The molecule has 1 aliphatic rings. The second-order valence-electron chi connectivity index (χ2n) is 6.75. The van der Waals surface area contributed by atoms with E-state index in [1.807, 2.05) is 32.7 Å². The first-order valence-electron chi connectivity index (χ1n) is 7.62. The molecule has 0 aliphatic carbocycles. The van der Waals surface area contributed by atoms with Gasteiger partial charge in [0, 0.05) is 44.0 Å². The van der Waals surface area contributed by atoms with Crippen molar-refractivity contribution < 1.29 is 14.5 Å². The molecule has 7 heteroatoms. The van der Waals surface area contributed by atoms with E-state index in [0.717, 1.165) is 12.1 Å². The average molecular weight is 321 g/mol. The molecule has 0 unspecified atom stereocenters. The van der Waals surface area contributed by atoms with Crippen molar-refractivity contribution in [2.45, 2.75) is 38.8 Å². The van der Waals surface area contributed by atoms with Gasteiger partial charge in [0.2, 0.25) is 0 Å². The maximum atomic E-state index is 12.1. The fraction of sp³-hybridized carbons (Fsp3) is 0.562. The maximum Gasteiger partial charge on any atom is 0.410 e. The number of hydrogen-bond acceptors (Lipinski definition) is 5. The molecule has 0 bridgehead atoms. The zero-order valence-corrected chi connectivity index (χ0v) is 14.0. The van der Waals surface area contributed by atoms with Crippen molar-refractivity contribution in [1.82, 2.24) is 4.90 Å². The highest BCUT2D eigenvalue weighted by atomic mass is 16.6. The molecule has 1 aromatic rings. The number of nitrogens with zero attached hydrogens (tertiary/aromatic N) is 3. The van der Waals surface area contributed by atoms with Gasteiger partial charge in [-0.05, 0) is 39.3 Å². The maximum absolute atomic E-state index is 12.1. The third-order valence-corrected chi connectivity index (χ3v) is 3.83. The summed E-state index contributed by atoms with van der Waals surface area (Å²) in [6, 6.07) is 6.62. The second kappa shape index (κ2) is 6.44. The Bertz CT molecular complexity index is 580. The van der Waals surface area contributed by atoms with Crippen molar-refractivity contribution in [3.8, 4) is 0 Å². The third kappa shape index (κ3) is 4.34. The Kier molecular flexibility index (Phi) is 4.77. The molecular weight excluding hydrogens is 298 g/mol. The number of amides is 1. The summed E-state index contributed by atoms with van der Waals surface area (Å²) in [5.41, 5.74) is 0.468. The number of hydrogen-bond donors (Lipinski definition) is 0. The van der Waals surface area contributed by atoms with E-state index in [1.165, 1.54) is 12.1 Å². The Morgan fingerprint density at radius 1 is 1.35 bits per heavy atom. The van der Waals surface area contributed by atoms with Crippen LogP contribution in [0, 0.1) is 10.1 Å². The van der Waals surface area contributed by atoms with Crippen molar-refractivity contribution in [2.75, 3.05) is 25.0 Å². The van der Waals surface area contributed by atoms with E-state index in [2.05, 4.69) is 0 Å². The molecule has 0 aromatic heterocycles. The summed E-state index contributed by atoms with van der Waals surface area (Å²) in [6.07, 6.45) is 0.546. The monoisotopic (exact) mass is 321 g/mol. The molecule has 1 fully saturated rings. The largest absolute Gasteiger partial charge is 0.444 e. The fourth-order valence-corrected chi connectivity index (χ4v) is 2.57. The quantitative estimate of drug-likeness (QED) is 0.632. The lowest BCUT2D eigenvalue weighted by Gasteiger charge is -2.28. The molecule has 7 nitrogen and oxygen atoms in total. The van der Waals surface area contributed by atoms with Crippen molar-refractivity contribution >= 4 is 17.5 Å². The molecule has 1 atom stereocenters. The lowest BCUT2D eigenvalue weighted by molar-refractivity contribution is -0.384. The number of carbonyl (C=O) groups is 1. The molecular formula is C16H23N3O4. The summed E-state index contributed by atoms with van der Waals surface area (Å²) in [4.78, 5) is 26.1. The number of ether oxygens (including phenoxy) is 1. The summed E-state index contributed by atoms with van der Waals surface area (Å²) in [5, 5.41) is 10.7. The van der Waals surface area contributed by atoms with E-state index in [1.54, 1.807) is 17.0 Å². The van der Waals surface area contributed by atoms with Crippen LogP contribution < -0.4 is 4.90 Å². The minimum atomic E-state index is -0.501. The first-order valence-corrected chi connectivity index (χ1v) is 7.62. The van der Waals surface area contributed by atoms with E-state index in [0.29, 0.717) is 13.1 Å². The van der Waals surface area contributed by atoms with E-state index in [4.69, 9.17) is 4.74 Å². The van der Waals surface area contributed by atoms with Gasteiger partial charge in [-0.3, -0.25) is 10.1 Å². The van der Waals surface area contributed by atoms with Gasteiger partial charge in [-0.25, -0.2) is 4.79 Å². The predicted octanol–water partition coefficient (Wildman–Crippen LogP) is 3.04. The standard InChI is InChI=1S/C16H23N3O4/c1-16(2,3)23-15(20)18-10-9-14(11-18)17(4)12-5-7-13(8-6-12)19(21)22/h5-8,14H,9-11H2,1-4H3/t14-/m0/s1. The van der Waals surface area contributed by atoms with Crippen molar-refractivity contribution in [2.24, 2.45) is 0 Å². The van der Waals surface area contributed by atoms with Gasteiger partial charge in [-0.15, -0.1) is 0 Å². The summed E-state index contributed by atoms with van der Waals surface area (Å²) in [5.74, 6) is 0. The third-order valence-electron chi connectivity index (χ3n) is 3.83. The van der Waals surface area contributed by atoms with E-state index >= 15 is 0 Å². The van der Waals surface area contributed by atoms with E-state index in [-0.39, 0.29) is 17.8 Å². The molecule has 0 radical (unpaired) electrons. The van der Waals surface area contributed by atoms with Gasteiger partial charge in [0.15, 0.2) is 0 Å². The van der Waals surface area contributed by atoms with Gasteiger partial charge >= 0.3 is 6.09 Å². The van der Waals surface area contributed by atoms with Crippen molar-refractivity contribution in [3.63, 3.8) is 0 Å². The Morgan fingerprint density at radius 2 is 1.96 bits per heavy atom. The number of non-ortho nitro benzene ring substituents is 1. The van der Waals surface area contributed by atoms with Crippen LogP contribution in [0.3, 0.4) is 0 Å². The molecule has 0 N–H and O–H groups in total. The molecule has 0 saturated carbocycles. The summed E-state index contributed by atoms with van der Waals surface area (Å²) in [6.45, 7) is 6.78. The van der Waals surface area contributed by atoms with Gasteiger partial charge in [-0.1, -0.05) is 0 Å². The molecule has 1 aromatic carbocycles. The van der Waals surface area contributed by atoms with Gasteiger partial charge in [-0.2, -0.15) is 0 Å². The van der Waals surface area contributed by atoms with Crippen LogP contribution in [0.4, 0.5) is 16.2 Å². The first-order chi connectivity index (χ1) is 10.7. The van der Waals surface area contributed by atoms with Crippen LogP contribution in [0.2, 0.25) is 0 Å². The van der Waals surface area contributed by atoms with Gasteiger partial charge in [0.25, 0.3) is 5.69 Å². The van der Waals surface area contributed by atoms with Crippen molar-refractivity contribution in [3.05, 3.63) is 34.4 Å². The summed E-state index contributed by atoms with van der Waals surface area (Å²) >= 11 is 0. The topological polar surface area (TPSA) is 75.9 Å². The van der Waals surface area contributed by atoms with Crippen LogP contribution in [-0.2, 0) is 4.74 Å². The van der Waals surface area contributed by atoms with Gasteiger partial charge in [0.05, 0.1) is 4.92 Å². The minimum absolute atomic E-state index is 0.0731. The summed E-state index contributed by atoms with van der Waals surface area (Å²) < 4.78 is 5.39. The molecule has 0 spiro atoms. The number of nitro groups is 1. The predicted molar refractivity (Wildman–Crippen MR) is 87.7 cm³/mol. The molecule has 126 valence electrons. The van der Waals surface area contributed by atoms with Crippen LogP contribution in [0.1, 0.15) is 27.2 Å². The second-order valence-corrected chi connectivity index (χ2v) is 6.75. The number of anilines is 1. The minimum Gasteiger partial charge on any atom is -0.444 e. The van der Waals surface area contributed by atoms with Crippen LogP contribution >= 0.6 is 0 Å². The van der Waals surface area contributed by atoms with Crippen LogP contribution in [0.15, 0.2) is 24.3 Å². The highest BCUT2D eigenvalue weighted by Gasteiger charge is 2.31. The molecule has 23 heavy (non-hydrogen) atoms. The lowest BCUT2D eigenvalue weighted by atomic mass is 10.2. The number of carbonyl (C=O) groups excluding carboxylic acids is 1. The van der Waals surface area contributed by atoms with Crippen LogP contribution in [-0.4, -0.2) is 47.7 Å². The zero-order valence-electron chi connectivity index (χ0n) is 14.0. The molecule has 1 amide bonds. The first kappa shape index (κ1) is 17.1. The molecule has 1 heterocycles. The van der Waals surface area contributed by atoms with Crippen LogP contribution in [0.25, 0.3) is 0 Å². The Balaban J connectivity index is 1.98. The number of nitro benzene ring substituents is 1. The highest BCUT2D eigenvalue weighted by Crippen LogP contribution is 2.24. The Labute approximate surface area is 136 Å². The smallest absolute Gasteiger partial charge is 0.410 e. The normalized spacial score (nSPS) is 17.9. The zero-order chi connectivity index (χ0) is 17.2. The van der Waals surface area contributed by atoms with Crippen molar-refractivity contribution in [1.29, 1.82) is 0 Å². The lowest BCUT2D eigenvalue weighted by Crippen LogP contribution is -2.39. The molecule has 1 saturated heterocycles.